The van der Waals surface area contributed by atoms with Crippen LogP contribution in [0.2, 0.25) is 0 Å². The molecule has 1 amide bonds. The van der Waals surface area contributed by atoms with Gasteiger partial charge in [0.15, 0.2) is 11.0 Å². The van der Waals surface area contributed by atoms with E-state index in [2.05, 4.69) is 10.4 Å². The number of amides is 1. The molecule has 162 valence electrons. The number of fused-ring (bicyclic) bond motifs is 1. The van der Waals surface area contributed by atoms with Gasteiger partial charge in [-0.2, -0.15) is 5.10 Å². The number of aromatic nitrogens is 2. The second kappa shape index (κ2) is 8.24. The molecular weight excluding hydrogens is 414 g/mol. The number of aryl methyl sites for hydroxylation is 1. The lowest BCUT2D eigenvalue weighted by Gasteiger charge is -2.12. The topological polar surface area (TPSA) is 77.1 Å². The summed E-state index contributed by atoms with van der Waals surface area (Å²) in [6.45, 7) is 3.70. The molecule has 6 nitrogen and oxygen atoms in total. The van der Waals surface area contributed by atoms with Gasteiger partial charge < -0.3 is 9.73 Å². The largest absolute Gasteiger partial charge is 0.455 e. The van der Waals surface area contributed by atoms with Gasteiger partial charge in [-0.3, -0.25) is 9.59 Å². The van der Waals surface area contributed by atoms with Crippen LogP contribution in [0.4, 0.5) is 5.69 Å². The predicted molar refractivity (Wildman–Crippen MR) is 129 cm³/mol. The summed E-state index contributed by atoms with van der Waals surface area (Å²) in [5, 5.41) is 7.62. The third-order valence-electron chi connectivity index (χ3n) is 5.61. The highest BCUT2D eigenvalue weighted by Crippen LogP contribution is 2.28. The van der Waals surface area contributed by atoms with E-state index in [0.717, 1.165) is 16.9 Å². The zero-order chi connectivity index (χ0) is 22.9. The normalized spacial score (nSPS) is 11.0. The predicted octanol–water partition coefficient (Wildman–Crippen LogP) is 5.51. The Kier molecular flexibility index (Phi) is 5.11. The van der Waals surface area contributed by atoms with Crippen LogP contribution in [0, 0.1) is 13.8 Å². The van der Waals surface area contributed by atoms with Crippen LogP contribution in [0.15, 0.2) is 94.3 Å². The molecule has 0 saturated heterocycles. The molecule has 0 aliphatic heterocycles. The molecular formula is C27H21N3O3. The van der Waals surface area contributed by atoms with Crippen LogP contribution in [0.1, 0.15) is 21.6 Å². The van der Waals surface area contributed by atoms with E-state index in [1.54, 1.807) is 42.1 Å². The number of nitrogens with one attached hydrogen (secondary N) is 1. The van der Waals surface area contributed by atoms with Gasteiger partial charge in [-0.25, -0.2) is 4.68 Å². The molecule has 0 atom stereocenters. The molecule has 0 aliphatic carbocycles. The Hall–Kier alpha value is -4.45. The number of para-hydroxylation sites is 1. The fourth-order valence-corrected chi connectivity index (χ4v) is 3.91. The number of benzene rings is 3. The number of carbonyl (C=O) groups excluding carboxylic acids is 1. The molecule has 0 saturated carbocycles. The summed E-state index contributed by atoms with van der Waals surface area (Å²) in [5.74, 6) is 0.102. The molecule has 5 rings (SSSR count). The molecule has 5 aromatic rings. The van der Waals surface area contributed by atoms with E-state index in [-0.39, 0.29) is 16.9 Å². The van der Waals surface area contributed by atoms with Gasteiger partial charge >= 0.3 is 0 Å². The van der Waals surface area contributed by atoms with Crippen LogP contribution in [-0.4, -0.2) is 15.7 Å². The summed E-state index contributed by atoms with van der Waals surface area (Å²) < 4.78 is 7.97. The first-order valence-electron chi connectivity index (χ1n) is 10.6. The Morgan fingerprint density at radius 3 is 2.48 bits per heavy atom. The van der Waals surface area contributed by atoms with Crippen molar-refractivity contribution in [3.8, 4) is 17.0 Å². The first-order valence-corrected chi connectivity index (χ1v) is 10.6. The Balaban J connectivity index is 1.57. The fourth-order valence-electron chi connectivity index (χ4n) is 3.91. The highest BCUT2D eigenvalue weighted by molar-refractivity contribution is 6.11. The van der Waals surface area contributed by atoms with Crippen molar-refractivity contribution in [3.63, 3.8) is 0 Å². The monoisotopic (exact) mass is 435 g/mol. The fraction of sp³-hybridized carbons (Fsp3) is 0.0741. The minimum atomic E-state index is -0.360. The summed E-state index contributed by atoms with van der Waals surface area (Å²) in [6, 6.07) is 23.8. The maximum Gasteiger partial charge on any atom is 0.259 e. The van der Waals surface area contributed by atoms with Crippen molar-refractivity contribution >= 4 is 22.6 Å². The van der Waals surface area contributed by atoms with Gasteiger partial charge in [-0.05, 0) is 50.2 Å². The smallest absolute Gasteiger partial charge is 0.259 e. The first-order chi connectivity index (χ1) is 16.0. The molecule has 2 aromatic heterocycles. The molecule has 0 spiro atoms. The van der Waals surface area contributed by atoms with E-state index in [9.17, 15) is 9.59 Å². The minimum absolute atomic E-state index is 0.152. The van der Waals surface area contributed by atoms with Crippen LogP contribution in [0.3, 0.4) is 0 Å². The van der Waals surface area contributed by atoms with Crippen LogP contribution in [0.25, 0.3) is 28.0 Å². The van der Waals surface area contributed by atoms with E-state index in [4.69, 9.17) is 4.42 Å². The van der Waals surface area contributed by atoms with Crippen molar-refractivity contribution in [2.75, 3.05) is 5.32 Å². The van der Waals surface area contributed by atoms with Gasteiger partial charge in [0.05, 0.1) is 16.6 Å². The van der Waals surface area contributed by atoms with Crippen LogP contribution >= 0.6 is 0 Å². The zero-order valence-corrected chi connectivity index (χ0v) is 18.2. The minimum Gasteiger partial charge on any atom is -0.455 e. The van der Waals surface area contributed by atoms with Crippen molar-refractivity contribution < 1.29 is 9.21 Å². The molecule has 33 heavy (non-hydrogen) atoms. The number of rotatable bonds is 4. The van der Waals surface area contributed by atoms with Gasteiger partial charge in [0.1, 0.15) is 5.76 Å². The van der Waals surface area contributed by atoms with Crippen molar-refractivity contribution in [1.29, 1.82) is 0 Å². The first kappa shape index (κ1) is 20.5. The highest BCUT2D eigenvalue weighted by Gasteiger charge is 2.18. The number of hydrogen-bond donors (Lipinski definition) is 1. The Morgan fingerprint density at radius 1 is 0.939 bits per heavy atom. The van der Waals surface area contributed by atoms with Crippen LogP contribution < -0.4 is 10.7 Å². The number of hydrogen-bond acceptors (Lipinski definition) is 4. The highest BCUT2D eigenvalue weighted by atomic mass is 16.3. The summed E-state index contributed by atoms with van der Waals surface area (Å²) in [5.41, 5.74) is 4.13. The third-order valence-corrected chi connectivity index (χ3v) is 5.61. The molecule has 0 bridgehead atoms. The van der Waals surface area contributed by atoms with Crippen molar-refractivity contribution in [2.24, 2.45) is 0 Å². The molecule has 0 radical (unpaired) electrons. The van der Waals surface area contributed by atoms with E-state index in [0.29, 0.717) is 28.0 Å². The molecule has 1 N–H and O–H groups in total. The van der Waals surface area contributed by atoms with Gasteiger partial charge in [0.25, 0.3) is 5.91 Å². The van der Waals surface area contributed by atoms with E-state index < -0.39 is 0 Å². The van der Waals surface area contributed by atoms with Gasteiger partial charge in [-0.1, -0.05) is 42.5 Å². The Labute approximate surface area is 190 Å². The molecule has 6 heteroatoms. The summed E-state index contributed by atoms with van der Waals surface area (Å²) in [4.78, 5) is 26.3. The molecule has 0 unspecified atom stereocenters. The Bertz CT molecular complexity index is 1550. The molecule has 0 aliphatic rings. The summed E-state index contributed by atoms with van der Waals surface area (Å²) in [6.07, 6.45) is 1.73. The maximum atomic E-state index is 13.2. The lowest BCUT2D eigenvalue weighted by molar-refractivity contribution is 0.102. The lowest BCUT2D eigenvalue weighted by Crippen LogP contribution is -2.15. The average molecular weight is 435 g/mol. The molecule has 2 heterocycles. The average Bonchev–Trinajstić information content (AvgIpc) is 3.27. The second-order valence-corrected chi connectivity index (χ2v) is 7.82. The van der Waals surface area contributed by atoms with Crippen molar-refractivity contribution in [3.05, 3.63) is 112 Å². The van der Waals surface area contributed by atoms with Crippen molar-refractivity contribution in [1.82, 2.24) is 9.78 Å². The number of nitrogens with zero attached hydrogens (tertiary/aromatic N) is 2. The summed E-state index contributed by atoms with van der Waals surface area (Å²) >= 11 is 0. The zero-order valence-electron chi connectivity index (χ0n) is 18.2. The number of anilines is 1. The van der Waals surface area contributed by atoms with Gasteiger partial charge in [0.2, 0.25) is 0 Å². The lowest BCUT2D eigenvalue weighted by atomic mass is 10.0. The quantitative estimate of drug-likeness (QED) is 0.404. The standard InChI is InChI=1S/C27H21N3O3/c1-17-14-15-28-30(17)21-11-6-10-20(16-21)29-27(32)23-13-7-12-22-24(31)18(2)25(33-26(22)23)19-8-4-3-5-9-19/h3-16H,1-2H3,(H,29,32). The third kappa shape index (κ3) is 3.72. The SMILES string of the molecule is Cc1c(-c2ccccc2)oc2c(C(=O)Nc3cccc(-n4nccc4C)c3)cccc2c1=O. The molecule has 3 aromatic carbocycles. The summed E-state index contributed by atoms with van der Waals surface area (Å²) in [7, 11) is 0. The maximum absolute atomic E-state index is 13.2. The Morgan fingerprint density at radius 2 is 1.73 bits per heavy atom. The number of carbonyl (C=O) groups is 1. The van der Waals surface area contributed by atoms with Gasteiger partial charge in [0, 0.05) is 28.7 Å². The van der Waals surface area contributed by atoms with Crippen molar-refractivity contribution in [2.45, 2.75) is 13.8 Å². The van der Waals surface area contributed by atoms with Crippen LogP contribution in [0.5, 0.6) is 0 Å². The van der Waals surface area contributed by atoms with E-state index in [1.165, 1.54) is 0 Å². The van der Waals surface area contributed by atoms with Gasteiger partial charge in [-0.15, -0.1) is 0 Å². The van der Waals surface area contributed by atoms with E-state index in [1.807, 2.05) is 61.5 Å². The molecule has 0 fully saturated rings. The second-order valence-electron chi connectivity index (χ2n) is 7.82. The van der Waals surface area contributed by atoms with Crippen LogP contribution in [-0.2, 0) is 0 Å². The van der Waals surface area contributed by atoms with E-state index >= 15 is 0 Å².